The lowest BCUT2D eigenvalue weighted by atomic mass is 10.2. The van der Waals surface area contributed by atoms with E-state index in [1.54, 1.807) is 26.9 Å². The maximum Gasteiger partial charge on any atom is 0.170 e. The van der Waals surface area contributed by atoms with Gasteiger partial charge in [0.05, 0.1) is 19.9 Å². The summed E-state index contributed by atoms with van der Waals surface area (Å²) in [5.74, 6) is 2.95. The van der Waals surface area contributed by atoms with Crippen LogP contribution in [0.3, 0.4) is 0 Å². The van der Waals surface area contributed by atoms with Crippen LogP contribution in [0.4, 0.5) is 5.82 Å². The maximum absolute atomic E-state index is 5.40. The number of aromatic nitrogens is 4. The van der Waals surface area contributed by atoms with Gasteiger partial charge in [0.15, 0.2) is 28.5 Å². The molecule has 3 heterocycles. The van der Waals surface area contributed by atoms with E-state index in [4.69, 9.17) is 9.47 Å². The second kappa shape index (κ2) is 8.24. The predicted octanol–water partition coefficient (Wildman–Crippen LogP) is 3.71. The van der Waals surface area contributed by atoms with Crippen molar-refractivity contribution in [1.82, 2.24) is 19.5 Å². The fraction of sp³-hybridized carbons (Fsp3) is 0.450. The monoisotopic (exact) mass is 369 g/mol. The van der Waals surface area contributed by atoms with E-state index in [1.165, 1.54) is 6.42 Å². The summed E-state index contributed by atoms with van der Waals surface area (Å²) in [6, 6.07) is 5.76. The number of imidazole rings is 1. The van der Waals surface area contributed by atoms with Crippen LogP contribution in [-0.2, 0) is 0 Å². The summed E-state index contributed by atoms with van der Waals surface area (Å²) in [6.45, 7) is 8.28. The van der Waals surface area contributed by atoms with Crippen molar-refractivity contribution in [3.8, 4) is 17.2 Å². The summed E-state index contributed by atoms with van der Waals surface area (Å²) in [5, 5.41) is 0. The van der Waals surface area contributed by atoms with Gasteiger partial charge in [0, 0.05) is 19.2 Å². The Morgan fingerprint density at radius 1 is 1.04 bits per heavy atom. The van der Waals surface area contributed by atoms with Crippen LogP contribution in [-0.4, -0.2) is 46.8 Å². The molecule has 4 rings (SSSR count). The van der Waals surface area contributed by atoms with Gasteiger partial charge in [-0.15, -0.1) is 0 Å². The molecule has 1 aromatic carbocycles. The molecular formula is C20H27N5O2. The fourth-order valence-corrected chi connectivity index (χ4v) is 3.34. The molecule has 7 nitrogen and oxygen atoms in total. The lowest BCUT2D eigenvalue weighted by Crippen LogP contribution is -2.20. The van der Waals surface area contributed by atoms with E-state index in [1.807, 2.05) is 36.6 Å². The molecule has 1 aliphatic rings. The largest absolute Gasteiger partial charge is 0.493 e. The van der Waals surface area contributed by atoms with Crippen LogP contribution in [0.25, 0.3) is 16.9 Å². The van der Waals surface area contributed by atoms with Gasteiger partial charge in [0.25, 0.3) is 0 Å². The zero-order chi connectivity index (χ0) is 19.4. The molecule has 1 atom stereocenters. The first-order valence-corrected chi connectivity index (χ1v) is 9.36. The lowest BCUT2D eigenvalue weighted by Gasteiger charge is -2.16. The first kappa shape index (κ1) is 18.9. The number of anilines is 1. The smallest absolute Gasteiger partial charge is 0.170 e. The third-order valence-corrected chi connectivity index (χ3v) is 4.68. The number of ether oxygens (including phenoxy) is 2. The number of fused-ring (bicyclic) bond motifs is 1. The Morgan fingerprint density at radius 3 is 2.48 bits per heavy atom. The second-order valence-corrected chi connectivity index (χ2v) is 6.36. The second-order valence-electron chi connectivity index (χ2n) is 6.36. The molecule has 0 spiro atoms. The molecule has 0 radical (unpaired) electrons. The normalized spacial score (nSPS) is 16.2. The molecule has 144 valence electrons. The minimum atomic E-state index is 0.671. The quantitative estimate of drug-likeness (QED) is 0.699. The highest BCUT2D eigenvalue weighted by molar-refractivity contribution is 5.84. The molecule has 1 saturated heterocycles. The van der Waals surface area contributed by atoms with Gasteiger partial charge in [-0.05, 0) is 24.5 Å². The molecule has 0 N–H and O–H groups in total. The van der Waals surface area contributed by atoms with Crippen LogP contribution in [0, 0.1) is 5.92 Å². The molecule has 27 heavy (non-hydrogen) atoms. The van der Waals surface area contributed by atoms with Gasteiger partial charge in [-0.25, -0.2) is 15.0 Å². The van der Waals surface area contributed by atoms with Gasteiger partial charge >= 0.3 is 0 Å². The number of methoxy groups -OCH3 is 2. The summed E-state index contributed by atoms with van der Waals surface area (Å²) < 4.78 is 12.7. The highest BCUT2D eigenvalue weighted by Gasteiger charge is 2.23. The van der Waals surface area contributed by atoms with Gasteiger partial charge in [0.2, 0.25) is 0 Å². The number of hydrogen-bond donors (Lipinski definition) is 0. The van der Waals surface area contributed by atoms with Gasteiger partial charge in [-0.3, -0.25) is 4.57 Å². The Bertz CT molecular complexity index is 909. The van der Waals surface area contributed by atoms with Crippen molar-refractivity contribution in [3.05, 3.63) is 30.9 Å². The molecule has 1 fully saturated rings. The zero-order valence-electron chi connectivity index (χ0n) is 16.6. The van der Waals surface area contributed by atoms with E-state index in [9.17, 15) is 0 Å². The fourth-order valence-electron chi connectivity index (χ4n) is 3.34. The van der Waals surface area contributed by atoms with Crippen molar-refractivity contribution >= 4 is 17.0 Å². The van der Waals surface area contributed by atoms with Crippen LogP contribution in [0.2, 0.25) is 0 Å². The highest BCUT2D eigenvalue weighted by atomic mass is 16.5. The van der Waals surface area contributed by atoms with E-state index in [0.29, 0.717) is 17.4 Å². The van der Waals surface area contributed by atoms with E-state index in [2.05, 4.69) is 26.8 Å². The van der Waals surface area contributed by atoms with Crippen LogP contribution in [0.5, 0.6) is 11.5 Å². The third-order valence-electron chi connectivity index (χ3n) is 4.68. The predicted molar refractivity (Wildman–Crippen MR) is 107 cm³/mol. The Kier molecular flexibility index (Phi) is 5.78. The SMILES string of the molecule is CC.COc1ccc(-n2cnc3c(N4CC[C@@H](C)C4)ncnc32)cc1OC. The highest BCUT2D eigenvalue weighted by Crippen LogP contribution is 2.32. The van der Waals surface area contributed by atoms with Crippen LogP contribution < -0.4 is 14.4 Å². The van der Waals surface area contributed by atoms with Crippen LogP contribution in [0.15, 0.2) is 30.9 Å². The number of nitrogens with zero attached hydrogens (tertiary/aromatic N) is 5. The molecule has 7 heteroatoms. The summed E-state index contributed by atoms with van der Waals surface area (Å²) in [4.78, 5) is 15.8. The van der Waals surface area contributed by atoms with Gasteiger partial charge in [0.1, 0.15) is 12.7 Å². The summed E-state index contributed by atoms with van der Waals surface area (Å²) >= 11 is 0. The molecule has 1 aliphatic heterocycles. The Labute approximate surface area is 160 Å². The van der Waals surface area contributed by atoms with Gasteiger partial charge < -0.3 is 14.4 Å². The number of hydrogen-bond acceptors (Lipinski definition) is 6. The molecule has 3 aromatic rings. The third kappa shape index (κ3) is 3.54. The molecular weight excluding hydrogens is 342 g/mol. The molecule has 0 bridgehead atoms. The van der Waals surface area contributed by atoms with Crippen molar-refractivity contribution in [2.24, 2.45) is 5.92 Å². The van der Waals surface area contributed by atoms with Crippen LogP contribution >= 0.6 is 0 Å². The minimum Gasteiger partial charge on any atom is -0.493 e. The summed E-state index contributed by atoms with van der Waals surface area (Å²) in [5.41, 5.74) is 2.53. The topological polar surface area (TPSA) is 65.3 Å². The molecule has 0 amide bonds. The summed E-state index contributed by atoms with van der Waals surface area (Å²) in [6.07, 6.45) is 4.57. The standard InChI is InChI=1S/C18H21N5O2.C2H6/c1-12-6-7-22(9-12)17-16-18(20-10-19-17)23(11-21-16)13-4-5-14(24-2)15(8-13)25-3;1-2/h4-5,8,10-12H,6-7,9H2,1-3H3;1-2H3/t12-;/m1./s1. The number of benzene rings is 1. The van der Waals surface area contributed by atoms with Crippen molar-refractivity contribution in [3.63, 3.8) is 0 Å². The Balaban J connectivity index is 0.00000102. The van der Waals surface area contributed by atoms with Crippen molar-refractivity contribution in [2.45, 2.75) is 27.2 Å². The van der Waals surface area contributed by atoms with Crippen molar-refractivity contribution in [1.29, 1.82) is 0 Å². The minimum absolute atomic E-state index is 0.671. The Hall–Kier alpha value is -2.83. The van der Waals surface area contributed by atoms with Crippen molar-refractivity contribution in [2.75, 3.05) is 32.2 Å². The Morgan fingerprint density at radius 2 is 1.81 bits per heavy atom. The van der Waals surface area contributed by atoms with Crippen LogP contribution in [0.1, 0.15) is 27.2 Å². The average Bonchev–Trinajstić information content (AvgIpc) is 3.35. The van der Waals surface area contributed by atoms with Gasteiger partial charge in [-0.2, -0.15) is 0 Å². The number of rotatable bonds is 4. The molecule has 0 saturated carbocycles. The molecule has 2 aromatic heterocycles. The average molecular weight is 369 g/mol. The molecule has 0 unspecified atom stereocenters. The van der Waals surface area contributed by atoms with E-state index in [0.717, 1.165) is 35.8 Å². The van der Waals surface area contributed by atoms with Gasteiger partial charge in [-0.1, -0.05) is 20.8 Å². The van der Waals surface area contributed by atoms with Crippen molar-refractivity contribution < 1.29 is 9.47 Å². The zero-order valence-corrected chi connectivity index (χ0v) is 16.6. The maximum atomic E-state index is 5.40. The van der Waals surface area contributed by atoms with E-state index < -0.39 is 0 Å². The molecule has 0 aliphatic carbocycles. The van der Waals surface area contributed by atoms with E-state index >= 15 is 0 Å². The summed E-state index contributed by atoms with van der Waals surface area (Å²) in [7, 11) is 3.25. The first-order valence-electron chi connectivity index (χ1n) is 9.36. The first-order chi connectivity index (χ1) is 13.2. The lowest BCUT2D eigenvalue weighted by molar-refractivity contribution is 0.355. The van der Waals surface area contributed by atoms with E-state index in [-0.39, 0.29) is 0 Å².